The minimum absolute atomic E-state index is 0.00514. The molecule has 0 spiro atoms. The third kappa shape index (κ3) is 2.66. The molecule has 2 aromatic rings. The van der Waals surface area contributed by atoms with E-state index < -0.39 is 0 Å². The molecule has 3 heterocycles. The van der Waals surface area contributed by atoms with Crippen molar-refractivity contribution in [2.45, 2.75) is 25.8 Å². The first-order valence-electron chi connectivity index (χ1n) is 8.34. The Kier molecular flexibility index (Phi) is 3.76. The van der Waals surface area contributed by atoms with Crippen molar-refractivity contribution in [2.24, 2.45) is 0 Å². The number of nitrogens with zero attached hydrogens (tertiary/aromatic N) is 3. The second-order valence-electron chi connectivity index (χ2n) is 6.33. The predicted octanol–water partition coefficient (Wildman–Crippen LogP) is 2.41. The van der Waals surface area contributed by atoms with Gasteiger partial charge in [0.25, 0.3) is 5.91 Å². The standard InChI is InChI=1S/C19H19N3O2/c23-18-2-1-10-21(18)13-14-3-5-16(6-4-14)19(24)22-11-8-15-7-9-20-12-17(15)22/h3-7,9,12H,1-2,8,10-11,13H2. The molecule has 0 radical (unpaired) electrons. The highest BCUT2D eigenvalue weighted by Crippen LogP contribution is 2.28. The molecule has 0 aliphatic carbocycles. The molecule has 1 fully saturated rings. The van der Waals surface area contributed by atoms with Crippen LogP contribution in [0.4, 0.5) is 5.69 Å². The van der Waals surface area contributed by atoms with Gasteiger partial charge in [0.2, 0.25) is 5.91 Å². The second-order valence-corrected chi connectivity index (χ2v) is 6.33. The minimum Gasteiger partial charge on any atom is -0.338 e. The summed E-state index contributed by atoms with van der Waals surface area (Å²) >= 11 is 0. The fourth-order valence-corrected chi connectivity index (χ4v) is 3.43. The largest absolute Gasteiger partial charge is 0.338 e. The average molecular weight is 321 g/mol. The second kappa shape index (κ2) is 6.07. The van der Waals surface area contributed by atoms with Crippen molar-refractivity contribution < 1.29 is 9.59 Å². The third-order valence-corrected chi connectivity index (χ3v) is 4.77. The van der Waals surface area contributed by atoms with Crippen molar-refractivity contribution >= 4 is 17.5 Å². The number of hydrogen-bond acceptors (Lipinski definition) is 3. The molecule has 122 valence electrons. The Morgan fingerprint density at radius 1 is 1.08 bits per heavy atom. The molecule has 2 aliphatic rings. The molecule has 1 saturated heterocycles. The van der Waals surface area contributed by atoms with Crippen LogP contribution in [0.5, 0.6) is 0 Å². The highest BCUT2D eigenvalue weighted by Gasteiger charge is 2.25. The van der Waals surface area contributed by atoms with Gasteiger partial charge in [0, 0.05) is 37.8 Å². The van der Waals surface area contributed by atoms with Crippen LogP contribution in [0, 0.1) is 0 Å². The van der Waals surface area contributed by atoms with Crippen molar-refractivity contribution in [3.63, 3.8) is 0 Å². The van der Waals surface area contributed by atoms with Crippen LogP contribution in [-0.4, -0.2) is 34.8 Å². The van der Waals surface area contributed by atoms with E-state index >= 15 is 0 Å². The Labute approximate surface area is 140 Å². The summed E-state index contributed by atoms with van der Waals surface area (Å²) in [5, 5.41) is 0. The van der Waals surface area contributed by atoms with Gasteiger partial charge in [0.1, 0.15) is 0 Å². The summed E-state index contributed by atoms with van der Waals surface area (Å²) in [4.78, 5) is 32.3. The fourth-order valence-electron chi connectivity index (χ4n) is 3.43. The summed E-state index contributed by atoms with van der Waals surface area (Å²) in [6, 6.07) is 9.57. The number of carbonyl (C=O) groups excluding carboxylic acids is 2. The topological polar surface area (TPSA) is 53.5 Å². The number of fused-ring (bicyclic) bond motifs is 1. The molecule has 0 unspecified atom stereocenters. The Balaban J connectivity index is 1.49. The molecular formula is C19H19N3O2. The Morgan fingerprint density at radius 3 is 2.67 bits per heavy atom. The Bertz CT molecular complexity index is 785. The number of benzene rings is 1. The number of aromatic nitrogens is 1. The van der Waals surface area contributed by atoms with Gasteiger partial charge in [-0.25, -0.2) is 0 Å². The van der Waals surface area contributed by atoms with E-state index in [1.54, 1.807) is 17.3 Å². The SMILES string of the molecule is O=C1CCCN1Cc1ccc(C(=O)N2CCc3ccncc32)cc1. The van der Waals surface area contributed by atoms with Gasteiger partial charge in [-0.05, 0) is 42.2 Å². The van der Waals surface area contributed by atoms with Crippen molar-refractivity contribution in [1.29, 1.82) is 0 Å². The maximum Gasteiger partial charge on any atom is 0.258 e. The van der Waals surface area contributed by atoms with Gasteiger partial charge in [-0.2, -0.15) is 0 Å². The molecule has 2 amide bonds. The molecule has 2 aliphatic heterocycles. The number of likely N-dealkylation sites (tertiary alicyclic amines) is 1. The van der Waals surface area contributed by atoms with Crippen LogP contribution in [0.25, 0.3) is 0 Å². The van der Waals surface area contributed by atoms with Gasteiger partial charge in [0.05, 0.1) is 11.9 Å². The van der Waals surface area contributed by atoms with Crippen LogP contribution < -0.4 is 4.90 Å². The molecule has 4 rings (SSSR count). The lowest BCUT2D eigenvalue weighted by Crippen LogP contribution is -2.29. The van der Waals surface area contributed by atoms with E-state index in [0.717, 1.165) is 30.6 Å². The number of amides is 2. The average Bonchev–Trinajstić information content (AvgIpc) is 3.21. The zero-order chi connectivity index (χ0) is 16.5. The number of hydrogen-bond donors (Lipinski definition) is 0. The molecule has 1 aromatic carbocycles. The molecule has 0 atom stereocenters. The van der Waals surface area contributed by atoms with E-state index in [2.05, 4.69) is 4.98 Å². The Morgan fingerprint density at radius 2 is 1.92 bits per heavy atom. The molecule has 5 heteroatoms. The summed E-state index contributed by atoms with van der Waals surface area (Å²) in [6.45, 7) is 2.16. The normalized spacial score (nSPS) is 16.6. The van der Waals surface area contributed by atoms with Crippen LogP contribution in [0.3, 0.4) is 0 Å². The monoisotopic (exact) mass is 321 g/mol. The van der Waals surface area contributed by atoms with Gasteiger partial charge in [-0.1, -0.05) is 12.1 Å². The van der Waals surface area contributed by atoms with E-state index in [4.69, 9.17) is 0 Å². The summed E-state index contributed by atoms with van der Waals surface area (Å²) in [7, 11) is 0. The Hall–Kier alpha value is -2.69. The van der Waals surface area contributed by atoms with Crippen LogP contribution in [0.2, 0.25) is 0 Å². The predicted molar refractivity (Wildman–Crippen MR) is 90.7 cm³/mol. The maximum atomic E-state index is 12.8. The molecule has 1 aromatic heterocycles. The van der Waals surface area contributed by atoms with Gasteiger partial charge < -0.3 is 9.80 Å². The van der Waals surface area contributed by atoms with Crippen molar-refractivity contribution in [1.82, 2.24) is 9.88 Å². The van der Waals surface area contributed by atoms with Gasteiger partial charge >= 0.3 is 0 Å². The molecule has 0 bridgehead atoms. The van der Waals surface area contributed by atoms with Crippen molar-refractivity contribution in [3.8, 4) is 0 Å². The quantitative estimate of drug-likeness (QED) is 0.872. The number of pyridine rings is 1. The molecule has 0 N–H and O–H groups in total. The molecule has 24 heavy (non-hydrogen) atoms. The van der Waals surface area contributed by atoms with E-state index in [1.165, 1.54) is 5.56 Å². The molecular weight excluding hydrogens is 302 g/mol. The zero-order valence-corrected chi connectivity index (χ0v) is 13.4. The third-order valence-electron chi connectivity index (χ3n) is 4.77. The molecule has 0 saturated carbocycles. The summed E-state index contributed by atoms with van der Waals surface area (Å²) in [5.41, 5.74) is 3.81. The van der Waals surface area contributed by atoms with Crippen LogP contribution in [-0.2, 0) is 17.8 Å². The summed E-state index contributed by atoms with van der Waals surface area (Å²) in [6.07, 6.45) is 5.99. The number of rotatable bonds is 3. The molecule has 5 nitrogen and oxygen atoms in total. The first-order valence-corrected chi connectivity index (χ1v) is 8.34. The van der Waals surface area contributed by atoms with E-state index in [-0.39, 0.29) is 11.8 Å². The van der Waals surface area contributed by atoms with Crippen molar-refractivity contribution in [3.05, 3.63) is 59.4 Å². The van der Waals surface area contributed by atoms with Gasteiger partial charge in [-0.3, -0.25) is 14.6 Å². The maximum absolute atomic E-state index is 12.8. The number of anilines is 1. The first kappa shape index (κ1) is 14.9. The minimum atomic E-state index is 0.00514. The van der Waals surface area contributed by atoms with E-state index in [9.17, 15) is 9.59 Å². The summed E-state index contributed by atoms with van der Waals surface area (Å²) in [5.74, 6) is 0.224. The summed E-state index contributed by atoms with van der Waals surface area (Å²) < 4.78 is 0. The lowest BCUT2D eigenvalue weighted by atomic mass is 10.1. The number of carbonyl (C=O) groups is 2. The lowest BCUT2D eigenvalue weighted by molar-refractivity contribution is -0.128. The highest BCUT2D eigenvalue weighted by molar-refractivity contribution is 6.07. The first-order chi connectivity index (χ1) is 11.7. The van der Waals surface area contributed by atoms with Crippen molar-refractivity contribution in [2.75, 3.05) is 18.0 Å². The zero-order valence-electron chi connectivity index (χ0n) is 13.4. The smallest absolute Gasteiger partial charge is 0.258 e. The lowest BCUT2D eigenvalue weighted by Gasteiger charge is -2.18. The van der Waals surface area contributed by atoms with Crippen LogP contribution in [0.1, 0.15) is 34.3 Å². The van der Waals surface area contributed by atoms with E-state index in [1.807, 2.05) is 35.2 Å². The fraction of sp³-hybridized carbons (Fsp3) is 0.316. The van der Waals surface area contributed by atoms with Gasteiger partial charge in [0.15, 0.2) is 0 Å². The van der Waals surface area contributed by atoms with Crippen LogP contribution in [0.15, 0.2) is 42.7 Å². The van der Waals surface area contributed by atoms with E-state index in [0.29, 0.717) is 25.1 Å². The van der Waals surface area contributed by atoms with Crippen LogP contribution >= 0.6 is 0 Å². The van der Waals surface area contributed by atoms with Gasteiger partial charge in [-0.15, -0.1) is 0 Å². The highest BCUT2D eigenvalue weighted by atomic mass is 16.2.